The zero-order valence-electron chi connectivity index (χ0n) is 12.6. The van der Waals surface area contributed by atoms with Crippen LogP contribution in [0.2, 0.25) is 0 Å². The standard InChI is InChI=1S/C16H8N8.Fe/c1-2-10-17-9(1)21-11-3-4-13(18-11)23-15-7-8-16(20-15)24-14-6-5-12(19-14)22-10;/h1-8H;. The molecule has 5 aliphatic heterocycles. The van der Waals surface area contributed by atoms with Crippen LogP contribution in [0, 0.1) is 0 Å². The second kappa shape index (κ2) is 6.04. The van der Waals surface area contributed by atoms with Gasteiger partial charge in [-0.05, 0) is 48.6 Å². The molecule has 0 N–H and O–H groups in total. The van der Waals surface area contributed by atoms with E-state index in [1.807, 2.05) is 0 Å². The molecule has 0 amide bonds. The predicted molar refractivity (Wildman–Crippen MR) is 96.0 cm³/mol. The summed E-state index contributed by atoms with van der Waals surface area (Å²) >= 11 is 0. The fraction of sp³-hybridized carbons (Fsp3) is 0. The Bertz CT molecular complexity index is 854. The molecule has 0 radical (unpaired) electrons. The van der Waals surface area contributed by atoms with Crippen molar-refractivity contribution in [1.29, 1.82) is 0 Å². The molecule has 0 unspecified atom stereocenters. The van der Waals surface area contributed by atoms with Crippen molar-refractivity contribution >= 4 is 46.7 Å². The second-order valence-corrected chi connectivity index (χ2v) is 5.09. The van der Waals surface area contributed by atoms with Crippen LogP contribution in [0.3, 0.4) is 0 Å². The molecule has 9 heteroatoms. The first-order valence-electron chi connectivity index (χ1n) is 7.22. The van der Waals surface area contributed by atoms with Gasteiger partial charge >= 0.3 is 0 Å². The largest absolute Gasteiger partial charge is 0.209 e. The number of nitrogens with zero attached hydrogens (tertiary/aromatic N) is 8. The van der Waals surface area contributed by atoms with Gasteiger partial charge in [0.05, 0.1) is 0 Å². The average molecular weight is 368 g/mol. The van der Waals surface area contributed by atoms with Crippen molar-refractivity contribution in [1.82, 2.24) is 0 Å². The molecule has 0 aromatic heterocycles. The van der Waals surface area contributed by atoms with Crippen LogP contribution in [-0.2, 0) is 17.1 Å². The summed E-state index contributed by atoms with van der Waals surface area (Å²) in [7, 11) is 0. The monoisotopic (exact) mass is 368 g/mol. The number of hydrogen-bond acceptors (Lipinski definition) is 8. The SMILES string of the molecule is C1=CC2=NC3=NC(=NC4=NC(=NC5=NC(=NC1=N2)C=C5)C=C4)C=C3.[Fe]. The zero-order valence-corrected chi connectivity index (χ0v) is 13.7. The fourth-order valence-electron chi connectivity index (χ4n) is 2.33. The van der Waals surface area contributed by atoms with E-state index in [0.717, 1.165) is 0 Å². The molecular weight excluding hydrogens is 360 g/mol. The molecular formula is C16H8FeN8. The molecule has 0 fully saturated rings. The number of amidine groups is 8. The zero-order chi connectivity index (χ0) is 15.9. The second-order valence-electron chi connectivity index (χ2n) is 5.09. The molecule has 5 aliphatic rings. The van der Waals surface area contributed by atoms with Crippen LogP contribution in [0.1, 0.15) is 0 Å². The van der Waals surface area contributed by atoms with Crippen LogP contribution in [0.5, 0.6) is 0 Å². The van der Waals surface area contributed by atoms with Gasteiger partial charge in [0.15, 0.2) is 46.7 Å². The maximum absolute atomic E-state index is 4.37. The van der Waals surface area contributed by atoms with Crippen LogP contribution in [0.15, 0.2) is 88.5 Å². The smallest absolute Gasteiger partial charge is 0.156 e. The Morgan fingerprint density at radius 1 is 0.280 bits per heavy atom. The van der Waals surface area contributed by atoms with Crippen molar-refractivity contribution in [2.24, 2.45) is 39.9 Å². The van der Waals surface area contributed by atoms with E-state index in [1.165, 1.54) is 0 Å². The summed E-state index contributed by atoms with van der Waals surface area (Å²) in [5, 5.41) is 0. The molecule has 120 valence electrons. The third-order valence-electron chi connectivity index (χ3n) is 3.36. The van der Waals surface area contributed by atoms with E-state index in [-0.39, 0.29) is 17.1 Å². The summed E-state index contributed by atoms with van der Waals surface area (Å²) in [4.78, 5) is 34.8. The molecule has 0 saturated heterocycles. The Balaban J connectivity index is 0.00000157. The first-order chi connectivity index (χ1) is 11.8. The molecule has 0 aliphatic carbocycles. The minimum Gasteiger partial charge on any atom is -0.209 e. The summed E-state index contributed by atoms with van der Waals surface area (Å²) < 4.78 is 0. The van der Waals surface area contributed by atoms with Crippen LogP contribution < -0.4 is 0 Å². The molecule has 0 spiro atoms. The molecule has 8 bridgehead atoms. The van der Waals surface area contributed by atoms with Gasteiger partial charge in [0.1, 0.15) is 0 Å². The quantitative estimate of drug-likeness (QED) is 0.579. The Morgan fingerprint density at radius 3 is 0.520 bits per heavy atom. The number of aliphatic imine (C=N–C) groups is 8. The predicted octanol–water partition coefficient (Wildman–Crippen LogP) is 1.46. The molecule has 0 saturated carbocycles. The van der Waals surface area contributed by atoms with E-state index in [4.69, 9.17) is 0 Å². The Kier molecular flexibility index (Phi) is 3.72. The van der Waals surface area contributed by atoms with Gasteiger partial charge in [-0.3, -0.25) is 0 Å². The van der Waals surface area contributed by atoms with Crippen molar-refractivity contribution in [2.45, 2.75) is 0 Å². The molecule has 0 aromatic carbocycles. The van der Waals surface area contributed by atoms with Crippen LogP contribution in [-0.4, -0.2) is 46.7 Å². The Morgan fingerprint density at radius 2 is 0.400 bits per heavy atom. The Hall–Kier alpha value is -3.16. The number of rotatable bonds is 0. The molecule has 0 atom stereocenters. The molecule has 0 aromatic rings. The van der Waals surface area contributed by atoms with E-state index in [9.17, 15) is 0 Å². The fourth-order valence-corrected chi connectivity index (χ4v) is 2.33. The van der Waals surface area contributed by atoms with E-state index in [2.05, 4.69) is 39.9 Å². The van der Waals surface area contributed by atoms with E-state index >= 15 is 0 Å². The molecule has 5 rings (SSSR count). The number of hydrogen-bond donors (Lipinski definition) is 0. The summed E-state index contributed by atoms with van der Waals surface area (Å²) in [5.74, 6) is 4.30. The van der Waals surface area contributed by atoms with Gasteiger partial charge in [0.2, 0.25) is 0 Å². The maximum Gasteiger partial charge on any atom is 0.156 e. The topological polar surface area (TPSA) is 98.9 Å². The molecule has 8 nitrogen and oxygen atoms in total. The van der Waals surface area contributed by atoms with Crippen LogP contribution >= 0.6 is 0 Å². The van der Waals surface area contributed by atoms with Crippen LogP contribution in [0.25, 0.3) is 0 Å². The minimum absolute atomic E-state index is 0. The van der Waals surface area contributed by atoms with Gasteiger partial charge in [-0.25, -0.2) is 39.9 Å². The first kappa shape index (κ1) is 15.4. The summed E-state index contributed by atoms with van der Waals surface area (Å²) in [5.41, 5.74) is 0. The van der Waals surface area contributed by atoms with Crippen molar-refractivity contribution in [3.8, 4) is 0 Å². The van der Waals surface area contributed by atoms with Crippen molar-refractivity contribution in [3.05, 3.63) is 48.6 Å². The van der Waals surface area contributed by atoms with Gasteiger partial charge in [-0.1, -0.05) is 0 Å². The normalized spacial score (nSPS) is 21.8. The number of fused-ring (bicyclic) bond motifs is 4. The van der Waals surface area contributed by atoms with Crippen molar-refractivity contribution < 1.29 is 17.1 Å². The minimum atomic E-state index is 0. The average Bonchev–Trinajstić information content (AvgIpc) is 3.32. The van der Waals surface area contributed by atoms with Crippen molar-refractivity contribution in [2.75, 3.05) is 0 Å². The van der Waals surface area contributed by atoms with Gasteiger partial charge in [0, 0.05) is 17.1 Å². The summed E-state index contributed by atoms with van der Waals surface area (Å²) in [6.07, 6.45) is 14.2. The maximum atomic E-state index is 4.37. The van der Waals surface area contributed by atoms with Gasteiger partial charge in [0.25, 0.3) is 0 Å². The summed E-state index contributed by atoms with van der Waals surface area (Å²) in [6, 6.07) is 0. The van der Waals surface area contributed by atoms with E-state index in [0.29, 0.717) is 46.7 Å². The van der Waals surface area contributed by atoms with Gasteiger partial charge in [-0.2, -0.15) is 0 Å². The van der Waals surface area contributed by atoms with Gasteiger partial charge in [-0.15, -0.1) is 0 Å². The van der Waals surface area contributed by atoms with E-state index < -0.39 is 0 Å². The first-order valence-corrected chi connectivity index (χ1v) is 7.22. The third kappa shape index (κ3) is 3.10. The van der Waals surface area contributed by atoms with Crippen LogP contribution in [0.4, 0.5) is 0 Å². The van der Waals surface area contributed by atoms with E-state index in [1.54, 1.807) is 48.6 Å². The molecule has 25 heavy (non-hydrogen) atoms. The third-order valence-corrected chi connectivity index (χ3v) is 3.36. The van der Waals surface area contributed by atoms with Crippen molar-refractivity contribution in [3.63, 3.8) is 0 Å². The molecule has 5 heterocycles. The summed E-state index contributed by atoms with van der Waals surface area (Å²) in [6.45, 7) is 0. The Labute approximate surface area is 152 Å². The van der Waals surface area contributed by atoms with Gasteiger partial charge < -0.3 is 0 Å².